The third kappa shape index (κ3) is 7.25. The van der Waals surface area contributed by atoms with Gasteiger partial charge in [0.05, 0.1) is 37.8 Å². The van der Waals surface area contributed by atoms with Crippen LogP contribution in [0.25, 0.3) is 0 Å². The molecule has 2 heterocycles. The maximum absolute atomic E-state index is 8.88. The first-order valence-corrected chi connectivity index (χ1v) is 10.6. The zero-order valence-corrected chi connectivity index (χ0v) is 18.0. The number of aryl methyl sites for hydroxylation is 1. The van der Waals surface area contributed by atoms with Crippen molar-refractivity contribution < 1.29 is 9.47 Å². The van der Waals surface area contributed by atoms with Crippen LogP contribution in [0, 0.1) is 29.6 Å². The average Bonchev–Trinajstić information content (AvgIpc) is 2.80. The molecule has 162 valence electrons. The monoisotopic (exact) mass is 419 g/mol. The fourth-order valence-electron chi connectivity index (χ4n) is 3.56. The minimum Gasteiger partial charge on any atom is -0.489 e. The normalized spacial score (nSPS) is 16.3. The highest BCUT2D eigenvalue weighted by atomic mass is 16.5. The SMILES string of the molecule is Cc1ccc(OCC2CN(Cc3ccc(N(CCC#N)CCC#N)cc3)CCO2)cn1. The number of hydrogen-bond acceptors (Lipinski definition) is 7. The van der Waals surface area contributed by atoms with Crippen molar-refractivity contribution in [2.24, 2.45) is 0 Å². The van der Waals surface area contributed by atoms with E-state index in [9.17, 15) is 0 Å². The molecule has 7 nitrogen and oxygen atoms in total. The molecule has 7 heteroatoms. The number of ether oxygens (including phenoxy) is 2. The van der Waals surface area contributed by atoms with E-state index < -0.39 is 0 Å². The predicted molar refractivity (Wildman–Crippen MR) is 119 cm³/mol. The van der Waals surface area contributed by atoms with E-state index in [1.807, 2.05) is 19.1 Å². The molecule has 3 rings (SSSR count). The van der Waals surface area contributed by atoms with E-state index in [1.54, 1.807) is 6.20 Å². The van der Waals surface area contributed by atoms with Crippen molar-refractivity contribution in [3.8, 4) is 17.9 Å². The lowest BCUT2D eigenvalue weighted by atomic mass is 10.1. The van der Waals surface area contributed by atoms with E-state index in [2.05, 4.69) is 51.2 Å². The van der Waals surface area contributed by atoms with E-state index in [-0.39, 0.29) is 6.10 Å². The Balaban J connectivity index is 1.51. The average molecular weight is 420 g/mol. The second kappa shape index (κ2) is 11.9. The van der Waals surface area contributed by atoms with Gasteiger partial charge in [-0.05, 0) is 36.8 Å². The fourth-order valence-corrected chi connectivity index (χ4v) is 3.56. The van der Waals surface area contributed by atoms with E-state index in [0.29, 0.717) is 39.1 Å². The number of rotatable bonds is 10. The Morgan fingerprint density at radius 1 is 1.13 bits per heavy atom. The van der Waals surface area contributed by atoms with Crippen LogP contribution in [0.5, 0.6) is 5.75 Å². The number of morpholine rings is 1. The van der Waals surface area contributed by atoms with E-state index >= 15 is 0 Å². The predicted octanol–water partition coefficient (Wildman–Crippen LogP) is 3.30. The maximum Gasteiger partial charge on any atom is 0.137 e. The van der Waals surface area contributed by atoms with Gasteiger partial charge in [-0.2, -0.15) is 10.5 Å². The molecule has 0 N–H and O–H groups in total. The fraction of sp³-hybridized carbons (Fsp3) is 0.458. The minimum atomic E-state index is 0.0294. The van der Waals surface area contributed by atoms with Crippen molar-refractivity contribution in [1.29, 1.82) is 10.5 Å². The topological polar surface area (TPSA) is 85.4 Å². The van der Waals surface area contributed by atoms with Crippen LogP contribution >= 0.6 is 0 Å². The Bertz CT molecular complexity index is 868. The van der Waals surface area contributed by atoms with Crippen molar-refractivity contribution in [3.05, 3.63) is 53.9 Å². The number of benzene rings is 1. The molecule has 0 aliphatic carbocycles. The quantitative estimate of drug-likeness (QED) is 0.584. The summed E-state index contributed by atoms with van der Waals surface area (Å²) < 4.78 is 11.7. The van der Waals surface area contributed by atoms with Crippen molar-refractivity contribution >= 4 is 5.69 Å². The summed E-state index contributed by atoms with van der Waals surface area (Å²) >= 11 is 0. The molecule has 0 spiro atoms. The summed E-state index contributed by atoms with van der Waals surface area (Å²) in [5, 5.41) is 17.8. The summed E-state index contributed by atoms with van der Waals surface area (Å²) in [5.74, 6) is 0.763. The lowest BCUT2D eigenvalue weighted by Crippen LogP contribution is -2.44. The first-order valence-electron chi connectivity index (χ1n) is 10.6. The number of aromatic nitrogens is 1. The van der Waals surface area contributed by atoms with E-state index in [4.69, 9.17) is 20.0 Å². The Kier molecular flexibility index (Phi) is 8.66. The van der Waals surface area contributed by atoms with Crippen LogP contribution in [0.15, 0.2) is 42.6 Å². The van der Waals surface area contributed by atoms with Crippen molar-refractivity contribution in [2.45, 2.75) is 32.4 Å². The highest BCUT2D eigenvalue weighted by molar-refractivity contribution is 5.47. The Labute approximate surface area is 184 Å². The summed E-state index contributed by atoms with van der Waals surface area (Å²) in [4.78, 5) is 8.73. The number of anilines is 1. The number of nitriles is 2. The van der Waals surface area contributed by atoms with Gasteiger partial charge in [-0.15, -0.1) is 0 Å². The van der Waals surface area contributed by atoms with Gasteiger partial charge in [0.25, 0.3) is 0 Å². The molecule has 1 fully saturated rings. The second-order valence-electron chi connectivity index (χ2n) is 7.64. The lowest BCUT2D eigenvalue weighted by molar-refractivity contribution is -0.0504. The Hall–Kier alpha value is -3.13. The van der Waals surface area contributed by atoms with Gasteiger partial charge in [0.2, 0.25) is 0 Å². The molecule has 1 aliphatic rings. The van der Waals surface area contributed by atoms with Crippen LogP contribution in [-0.4, -0.2) is 55.4 Å². The first-order chi connectivity index (χ1) is 15.2. The molecule has 31 heavy (non-hydrogen) atoms. The third-order valence-electron chi connectivity index (χ3n) is 5.24. The van der Waals surface area contributed by atoms with Crippen LogP contribution < -0.4 is 9.64 Å². The smallest absolute Gasteiger partial charge is 0.137 e. The Morgan fingerprint density at radius 2 is 1.87 bits per heavy atom. The van der Waals surface area contributed by atoms with Gasteiger partial charge in [0, 0.05) is 44.1 Å². The van der Waals surface area contributed by atoms with Gasteiger partial charge in [0.15, 0.2) is 0 Å². The minimum absolute atomic E-state index is 0.0294. The lowest BCUT2D eigenvalue weighted by Gasteiger charge is -2.33. The number of hydrogen-bond donors (Lipinski definition) is 0. The zero-order valence-electron chi connectivity index (χ0n) is 18.0. The van der Waals surface area contributed by atoms with Crippen molar-refractivity contribution in [3.63, 3.8) is 0 Å². The van der Waals surface area contributed by atoms with Crippen molar-refractivity contribution in [2.75, 3.05) is 44.3 Å². The van der Waals surface area contributed by atoms with E-state index in [1.165, 1.54) is 5.56 Å². The van der Waals surface area contributed by atoms with Gasteiger partial charge in [0.1, 0.15) is 18.5 Å². The molecule has 1 unspecified atom stereocenters. The molecule has 1 aromatic carbocycles. The molecule has 0 radical (unpaired) electrons. The highest BCUT2D eigenvalue weighted by Crippen LogP contribution is 2.19. The first kappa shape index (κ1) is 22.6. The summed E-state index contributed by atoms with van der Waals surface area (Å²) in [6.07, 6.45) is 2.67. The maximum atomic E-state index is 8.88. The molecule has 0 bridgehead atoms. The molecular formula is C24H29N5O2. The summed E-state index contributed by atoms with van der Waals surface area (Å²) in [7, 11) is 0. The highest BCUT2D eigenvalue weighted by Gasteiger charge is 2.21. The molecule has 1 aliphatic heterocycles. The third-order valence-corrected chi connectivity index (χ3v) is 5.24. The van der Waals surface area contributed by atoms with Crippen LogP contribution in [0.4, 0.5) is 5.69 Å². The van der Waals surface area contributed by atoms with Gasteiger partial charge in [-0.25, -0.2) is 0 Å². The molecule has 0 amide bonds. The summed E-state index contributed by atoms with van der Waals surface area (Å²) in [6, 6.07) is 16.6. The van der Waals surface area contributed by atoms with Gasteiger partial charge in [-0.1, -0.05) is 12.1 Å². The van der Waals surface area contributed by atoms with Crippen molar-refractivity contribution in [1.82, 2.24) is 9.88 Å². The van der Waals surface area contributed by atoms with Gasteiger partial charge in [-0.3, -0.25) is 9.88 Å². The molecule has 1 aromatic heterocycles. The Morgan fingerprint density at radius 3 is 2.52 bits per heavy atom. The van der Waals surface area contributed by atoms with Crippen LogP contribution in [0.3, 0.4) is 0 Å². The molecular weight excluding hydrogens is 390 g/mol. The molecule has 1 saturated heterocycles. The van der Waals surface area contributed by atoms with Crippen LogP contribution in [0.2, 0.25) is 0 Å². The number of nitrogens with zero attached hydrogens (tertiary/aromatic N) is 5. The zero-order chi connectivity index (χ0) is 21.9. The standard InChI is InChI=1S/C24H29N5O2/c1-20-4-9-23(16-27-20)31-19-24-18-28(14-15-30-24)17-21-5-7-22(8-6-21)29(12-2-10-25)13-3-11-26/h4-9,16,24H,2-3,12-15,17-19H2,1H3. The molecule has 0 saturated carbocycles. The van der Waals surface area contributed by atoms with Crippen LogP contribution in [-0.2, 0) is 11.3 Å². The molecule has 2 aromatic rings. The second-order valence-corrected chi connectivity index (χ2v) is 7.64. The summed E-state index contributed by atoms with van der Waals surface area (Å²) in [6.45, 7) is 6.98. The van der Waals surface area contributed by atoms with Gasteiger partial charge >= 0.3 is 0 Å². The van der Waals surface area contributed by atoms with Crippen LogP contribution in [0.1, 0.15) is 24.1 Å². The van der Waals surface area contributed by atoms with E-state index in [0.717, 1.165) is 36.8 Å². The summed E-state index contributed by atoms with van der Waals surface area (Å²) in [5.41, 5.74) is 3.25. The molecule has 1 atom stereocenters. The largest absolute Gasteiger partial charge is 0.489 e. The number of pyridine rings is 1. The van der Waals surface area contributed by atoms with Gasteiger partial charge < -0.3 is 14.4 Å².